The molecule has 0 aliphatic rings. The number of benzene rings is 1. The highest BCUT2D eigenvalue weighted by atomic mass is 32.2. The van der Waals surface area contributed by atoms with Gasteiger partial charge in [0.05, 0.1) is 24.5 Å². The third-order valence-electron chi connectivity index (χ3n) is 2.75. The Kier molecular flexibility index (Phi) is 5.80. The van der Waals surface area contributed by atoms with Crippen molar-refractivity contribution >= 4 is 9.84 Å². The molecule has 0 aliphatic carbocycles. The largest absolute Gasteiger partial charge is 0.496 e. The minimum atomic E-state index is -2.95. The van der Waals surface area contributed by atoms with Gasteiger partial charge in [-0.05, 0) is 18.2 Å². The first-order valence-electron chi connectivity index (χ1n) is 6.00. The molecule has 0 heterocycles. The summed E-state index contributed by atoms with van der Waals surface area (Å²) in [7, 11) is -1.39. The molecule has 5 nitrogen and oxygen atoms in total. The summed E-state index contributed by atoms with van der Waals surface area (Å²) in [5.41, 5.74) is 1.40. The molecule has 0 saturated heterocycles. The number of ether oxygens (including phenoxy) is 1. The molecule has 0 saturated carbocycles. The van der Waals surface area contributed by atoms with Crippen molar-refractivity contribution in [1.82, 2.24) is 5.32 Å². The van der Waals surface area contributed by atoms with Crippen LogP contribution in [0.5, 0.6) is 5.75 Å². The Morgan fingerprint density at radius 3 is 2.74 bits per heavy atom. The fourth-order valence-corrected chi connectivity index (χ4v) is 2.33. The van der Waals surface area contributed by atoms with Crippen LogP contribution in [0.4, 0.5) is 0 Å². The van der Waals surface area contributed by atoms with Gasteiger partial charge in [0, 0.05) is 24.4 Å². The summed E-state index contributed by atoms with van der Waals surface area (Å²) in [5.74, 6) is 0.955. The van der Waals surface area contributed by atoms with Gasteiger partial charge >= 0.3 is 0 Å². The van der Waals surface area contributed by atoms with Crippen molar-refractivity contribution in [2.45, 2.75) is 13.5 Å². The molecule has 0 radical (unpaired) electrons. The smallest absolute Gasteiger partial charge is 0.151 e. The zero-order valence-corrected chi connectivity index (χ0v) is 12.0. The van der Waals surface area contributed by atoms with Gasteiger partial charge in [-0.15, -0.1) is 0 Å². The second-order valence-electron chi connectivity index (χ2n) is 4.05. The van der Waals surface area contributed by atoms with Crippen molar-refractivity contribution in [3.8, 4) is 11.8 Å². The molecule has 0 spiro atoms. The second-order valence-corrected chi connectivity index (χ2v) is 6.52. The van der Waals surface area contributed by atoms with Crippen LogP contribution >= 0.6 is 0 Å². The predicted octanol–water partition coefficient (Wildman–Crippen LogP) is 1.09. The fourth-order valence-electron chi connectivity index (χ4n) is 1.58. The van der Waals surface area contributed by atoms with Gasteiger partial charge in [-0.1, -0.05) is 6.92 Å². The summed E-state index contributed by atoms with van der Waals surface area (Å²) in [4.78, 5) is 0. The molecule has 0 atom stereocenters. The van der Waals surface area contributed by atoms with Gasteiger partial charge in [-0.25, -0.2) is 8.42 Å². The number of hydrogen-bond acceptors (Lipinski definition) is 5. The maximum absolute atomic E-state index is 11.3. The topological polar surface area (TPSA) is 79.2 Å². The number of nitriles is 1. The van der Waals surface area contributed by atoms with Gasteiger partial charge in [-0.3, -0.25) is 0 Å². The fraction of sp³-hybridized carbons (Fsp3) is 0.462. The van der Waals surface area contributed by atoms with Gasteiger partial charge in [0.25, 0.3) is 0 Å². The first-order chi connectivity index (χ1) is 9.02. The van der Waals surface area contributed by atoms with Crippen molar-refractivity contribution in [3.63, 3.8) is 0 Å². The molecule has 0 bridgehead atoms. The highest BCUT2D eigenvalue weighted by Gasteiger charge is 2.08. The Hall–Kier alpha value is -1.58. The van der Waals surface area contributed by atoms with Gasteiger partial charge < -0.3 is 10.1 Å². The monoisotopic (exact) mass is 282 g/mol. The molecule has 1 aromatic carbocycles. The van der Waals surface area contributed by atoms with E-state index in [9.17, 15) is 8.42 Å². The highest BCUT2D eigenvalue weighted by molar-refractivity contribution is 7.91. The van der Waals surface area contributed by atoms with Crippen LogP contribution in [-0.4, -0.2) is 33.6 Å². The van der Waals surface area contributed by atoms with E-state index < -0.39 is 9.84 Å². The van der Waals surface area contributed by atoms with E-state index in [4.69, 9.17) is 10.00 Å². The first-order valence-corrected chi connectivity index (χ1v) is 7.82. The van der Waals surface area contributed by atoms with E-state index in [1.54, 1.807) is 32.2 Å². The van der Waals surface area contributed by atoms with E-state index >= 15 is 0 Å². The molecule has 0 aromatic heterocycles. The maximum Gasteiger partial charge on any atom is 0.151 e. The third-order valence-corrected chi connectivity index (χ3v) is 4.46. The third kappa shape index (κ3) is 4.89. The number of sulfone groups is 1. The van der Waals surface area contributed by atoms with Crippen LogP contribution < -0.4 is 10.1 Å². The molecule has 6 heteroatoms. The average Bonchev–Trinajstić information content (AvgIpc) is 2.43. The number of rotatable bonds is 7. The molecule has 0 fully saturated rings. The number of methoxy groups -OCH3 is 1. The van der Waals surface area contributed by atoms with Gasteiger partial charge in [-0.2, -0.15) is 5.26 Å². The standard InChI is InChI=1S/C13H18N2O3S/c1-3-19(16,17)7-6-15-10-12-8-11(9-14)4-5-13(12)18-2/h4-5,8,15H,3,6-7,10H2,1-2H3. The number of hydrogen-bond donors (Lipinski definition) is 1. The lowest BCUT2D eigenvalue weighted by Gasteiger charge is -2.10. The quantitative estimate of drug-likeness (QED) is 0.757. The number of nitrogens with one attached hydrogen (secondary N) is 1. The molecule has 0 unspecified atom stereocenters. The zero-order valence-electron chi connectivity index (χ0n) is 11.1. The lowest BCUT2D eigenvalue weighted by molar-refractivity contribution is 0.408. The summed E-state index contributed by atoms with van der Waals surface area (Å²) in [5, 5.41) is 11.9. The van der Waals surface area contributed by atoms with Gasteiger partial charge in [0.2, 0.25) is 0 Å². The van der Waals surface area contributed by atoms with Crippen molar-refractivity contribution < 1.29 is 13.2 Å². The summed E-state index contributed by atoms with van der Waals surface area (Å²) in [6, 6.07) is 7.22. The molecule has 1 N–H and O–H groups in total. The molecule has 1 aromatic rings. The van der Waals surface area contributed by atoms with Crippen molar-refractivity contribution in [1.29, 1.82) is 5.26 Å². The van der Waals surface area contributed by atoms with Crippen molar-refractivity contribution in [2.75, 3.05) is 25.2 Å². The predicted molar refractivity (Wildman–Crippen MR) is 73.7 cm³/mol. The summed E-state index contributed by atoms with van der Waals surface area (Å²) in [6.45, 7) is 2.49. The van der Waals surface area contributed by atoms with Crippen LogP contribution in [0.15, 0.2) is 18.2 Å². The number of nitrogens with zero attached hydrogens (tertiary/aromatic N) is 1. The Balaban J connectivity index is 2.60. The van der Waals surface area contributed by atoms with Gasteiger partial charge in [0.15, 0.2) is 9.84 Å². The van der Waals surface area contributed by atoms with Crippen LogP contribution in [0, 0.1) is 11.3 Å². The van der Waals surface area contributed by atoms with E-state index in [2.05, 4.69) is 11.4 Å². The lowest BCUT2D eigenvalue weighted by atomic mass is 10.1. The molecule has 0 amide bonds. The van der Waals surface area contributed by atoms with Crippen LogP contribution in [-0.2, 0) is 16.4 Å². The first kappa shape index (κ1) is 15.5. The minimum absolute atomic E-state index is 0.115. The molecular weight excluding hydrogens is 264 g/mol. The van der Waals surface area contributed by atoms with E-state index in [1.807, 2.05) is 0 Å². The Morgan fingerprint density at radius 1 is 1.42 bits per heavy atom. The molecular formula is C13H18N2O3S. The van der Waals surface area contributed by atoms with E-state index in [1.165, 1.54) is 0 Å². The summed E-state index contributed by atoms with van der Waals surface area (Å²) in [6.07, 6.45) is 0. The Morgan fingerprint density at radius 2 is 2.16 bits per heavy atom. The summed E-state index contributed by atoms with van der Waals surface area (Å²) >= 11 is 0. The molecule has 19 heavy (non-hydrogen) atoms. The highest BCUT2D eigenvalue weighted by Crippen LogP contribution is 2.19. The second kappa shape index (κ2) is 7.12. The Bertz CT molecular complexity index is 562. The molecule has 0 aliphatic heterocycles. The SMILES string of the molecule is CCS(=O)(=O)CCNCc1cc(C#N)ccc1OC. The van der Waals surface area contributed by atoms with Crippen LogP contribution in [0.2, 0.25) is 0 Å². The normalized spacial score (nSPS) is 11.0. The van der Waals surface area contributed by atoms with Crippen molar-refractivity contribution in [2.24, 2.45) is 0 Å². The summed E-state index contributed by atoms with van der Waals surface area (Å²) < 4.78 is 27.8. The molecule has 1 rings (SSSR count). The zero-order chi connectivity index (χ0) is 14.3. The van der Waals surface area contributed by atoms with Crippen LogP contribution in [0.1, 0.15) is 18.1 Å². The average molecular weight is 282 g/mol. The van der Waals surface area contributed by atoms with Crippen LogP contribution in [0.25, 0.3) is 0 Å². The lowest BCUT2D eigenvalue weighted by Crippen LogP contribution is -2.23. The van der Waals surface area contributed by atoms with Gasteiger partial charge in [0.1, 0.15) is 5.75 Å². The van der Waals surface area contributed by atoms with Crippen LogP contribution in [0.3, 0.4) is 0 Å². The Labute approximate surface area is 114 Å². The maximum atomic E-state index is 11.3. The van der Waals surface area contributed by atoms with E-state index in [-0.39, 0.29) is 11.5 Å². The van der Waals surface area contributed by atoms with E-state index in [0.29, 0.717) is 24.4 Å². The van der Waals surface area contributed by atoms with E-state index in [0.717, 1.165) is 5.56 Å². The van der Waals surface area contributed by atoms with Crippen molar-refractivity contribution in [3.05, 3.63) is 29.3 Å². The minimum Gasteiger partial charge on any atom is -0.496 e. The molecule has 104 valence electrons.